The van der Waals surface area contributed by atoms with E-state index in [0.717, 1.165) is 12.8 Å². The fraction of sp³-hybridized carbons (Fsp3) is 0.308. The molecule has 16 heavy (non-hydrogen) atoms. The minimum Gasteiger partial charge on any atom is -0.219 e. The van der Waals surface area contributed by atoms with Gasteiger partial charge in [0, 0.05) is 9.81 Å². The molecule has 84 valence electrons. The molecule has 2 rings (SSSR count). The van der Waals surface area contributed by atoms with E-state index in [0.29, 0.717) is 22.7 Å². The Morgan fingerprint density at radius 1 is 1.06 bits per heavy atom. The minimum atomic E-state index is -3.23. The molecule has 0 N–H and O–H groups in total. The van der Waals surface area contributed by atoms with Crippen molar-refractivity contribution >= 4 is 9.84 Å². The first-order valence-corrected chi connectivity index (χ1v) is 6.90. The molecule has 0 heterocycles. The molecule has 0 spiro atoms. The van der Waals surface area contributed by atoms with Gasteiger partial charge in [-0.25, -0.2) is 8.42 Å². The minimum absolute atomic E-state index is 0.510. The number of hydrogen-bond donors (Lipinski definition) is 0. The predicted molar refractivity (Wildman–Crippen MR) is 65.3 cm³/mol. The van der Waals surface area contributed by atoms with E-state index in [1.807, 2.05) is 18.2 Å². The normalized spacial score (nSPS) is 20.2. The van der Waals surface area contributed by atoms with E-state index >= 15 is 0 Å². The monoisotopic (exact) mass is 234 g/mol. The molecule has 2 nitrogen and oxygen atoms in total. The Kier molecular flexibility index (Phi) is 3.28. The van der Waals surface area contributed by atoms with Crippen LogP contribution in [0.2, 0.25) is 0 Å². The molecule has 0 aliphatic heterocycles. The summed E-state index contributed by atoms with van der Waals surface area (Å²) in [5, 5.41) is 0. The number of allylic oxidation sites excluding steroid dienone is 7. The first-order valence-electron chi connectivity index (χ1n) is 5.42. The van der Waals surface area contributed by atoms with E-state index < -0.39 is 9.84 Å². The summed E-state index contributed by atoms with van der Waals surface area (Å²) in [7, 11) is -3.23. The molecule has 0 saturated carbocycles. The number of rotatable bonds is 2. The lowest BCUT2D eigenvalue weighted by molar-refractivity contribution is 0.604. The summed E-state index contributed by atoms with van der Waals surface area (Å²) in [5.41, 5.74) is 2.93. The Morgan fingerprint density at radius 3 is 2.56 bits per heavy atom. The van der Waals surface area contributed by atoms with Crippen LogP contribution in [0.25, 0.3) is 0 Å². The zero-order valence-corrected chi connectivity index (χ0v) is 9.83. The molecule has 0 aromatic rings. The first-order chi connectivity index (χ1) is 7.71. The molecule has 0 amide bonds. The van der Waals surface area contributed by atoms with E-state index in [1.54, 1.807) is 18.2 Å². The van der Waals surface area contributed by atoms with Gasteiger partial charge in [-0.1, -0.05) is 12.2 Å². The van der Waals surface area contributed by atoms with Gasteiger partial charge in [0.05, 0.1) is 0 Å². The summed E-state index contributed by atoms with van der Waals surface area (Å²) in [6, 6.07) is 0. The van der Waals surface area contributed by atoms with Crippen molar-refractivity contribution in [3.8, 4) is 0 Å². The standard InChI is InChI=1S/C13H14O2S/c14-16(15,13-10-6-3-7-11-13)12-8-4-1-2-5-9-12/h1,3,5-6,9-10H,4,7-8,11H2. The third-order valence-corrected chi connectivity index (χ3v) is 4.75. The van der Waals surface area contributed by atoms with Gasteiger partial charge in [0.2, 0.25) is 0 Å². The largest absolute Gasteiger partial charge is 0.219 e. The fourth-order valence-electron chi connectivity index (χ4n) is 1.79. The van der Waals surface area contributed by atoms with Gasteiger partial charge in [0.25, 0.3) is 0 Å². The van der Waals surface area contributed by atoms with Crippen LogP contribution >= 0.6 is 0 Å². The smallest absolute Gasteiger partial charge is 0.199 e. The maximum Gasteiger partial charge on any atom is 0.199 e. The van der Waals surface area contributed by atoms with E-state index in [9.17, 15) is 8.42 Å². The van der Waals surface area contributed by atoms with Crippen LogP contribution in [-0.2, 0) is 9.84 Å². The zero-order chi connectivity index (χ0) is 11.4. The SMILES string of the molecule is O=S(=O)(C1=CC=C=CCC1)C1=CC=CCC1. The predicted octanol–water partition coefficient (Wildman–Crippen LogP) is 3.02. The van der Waals surface area contributed by atoms with E-state index in [1.165, 1.54) is 0 Å². The van der Waals surface area contributed by atoms with Crippen molar-refractivity contribution in [3.05, 3.63) is 52.0 Å². The quantitative estimate of drug-likeness (QED) is 0.688. The van der Waals surface area contributed by atoms with Gasteiger partial charge in [-0.3, -0.25) is 0 Å². The molecule has 3 heteroatoms. The van der Waals surface area contributed by atoms with Crippen molar-refractivity contribution in [2.45, 2.75) is 25.7 Å². The third kappa shape index (κ3) is 2.26. The van der Waals surface area contributed by atoms with Crippen molar-refractivity contribution in [1.29, 1.82) is 0 Å². The lowest BCUT2D eigenvalue weighted by Crippen LogP contribution is -2.08. The summed E-state index contributed by atoms with van der Waals surface area (Å²) >= 11 is 0. The lowest BCUT2D eigenvalue weighted by Gasteiger charge is -2.12. The maximum atomic E-state index is 12.3. The average molecular weight is 234 g/mol. The van der Waals surface area contributed by atoms with Crippen molar-refractivity contribution in [3.63, 3.8) is 0 Å². The first kappa shape index (κ1) is 11.2. The van der Waals surface area contributed by atoms with Crippen molar-refractivity contribution in [2.24, 2.45) is 0 Å². The highest BCUT2D eigenvalue weighted by atomic mass is 32.2. The van der Waals surface area contributed by atoms with Crippen LogP contribution < -0.4 is 0 Å². The Bertz CT molecular complexity index is 524. The highest BCUT2D eigenvalue weighted by molar-refractivity contribution is 7.98. The fourth-order valence-corrected chi connectivity index (χ4v) is 3.40. The van der Waals surface area contributed by atoms with Crippen LogP contribution in [0.4, 0.5) is 0 Å². The van der Waals surface area contributed by atoms with Gasteiger partial charge < -0.3 is 0 Å². The number of sulfone groups is 1. The van der Waals surface area contributed by atoms with Crippen LogP contribution in [0.1, 0.15) is 25.7 Å². The Balaban J connectivity index is 2.35. The Labute approximate surface area is 96.3 Å². The maximum absolute atomic E-state index is 12.3. The summed E-state index contributed by atoms with van der Waals surface area (Å²) in [6.45, 7) is 0. The second-order valence-electron chi connectivity index (χ2n) is 3.81. The lowest BCUT2D eigenvalue weighted by atomic mass is 10.2. The molecular weight excluding hydrogens is 220 g/mol. The second-order valence-corrected chi connectivity index (χ2v) is 5.87. The molecule has 2 aliphatic carbocycles. The molecular formula is C13H14O2S. The van der Waals surface area contributed by atoms with Gasteiger partial charge in [-0.15, -0.1) is 5.73 Å². The van der Waals surface area contributed by atoms with Crippen LogP contribution in [0.15, 0.2) is 52.0 Å². The Morgan fingerprint density at radius 2 is 1.81 bits per heavy atom. The summed E-state index contributed by atoms with van der Waals surface area (Å²) in [6.07, 6.45) is 13.5. The molecule has 0 unspecified atom stereocenters. The second kappa shape index (κ2) is 4.69. The molecule has 0 atom stereocenters. The highest BCUT2D eigenvalue weighted by Gasteiger charge is 2.22. The average Bonchev–Trinajstić information content (AvgIpc) is 2.59. The third-order valence-electron chi connectivity index (χ3n) is 2.68. The van der Waals surface area contributed by atoms with Gasteiger partial charge in [-0.2, -0.15) is 0 Å². The van der Waals surface area contributed by atoms with Crippen molar-refractivity contribution in [1.82, 2.24) is 0 Å². The van der Waals surface area contributed by atoms with E-state index in [2.05, 4.69) is 5.73 Å². The molecule has 0 aromatic carbocycles. The van der Waals surface area contributed by atoms with Crippen LogP contribution in [0, 0.1) is 0 Å². The Hall–Kier alpha value is -1.31. The molecule has 0 saturated heterocycles. The van der Waals surface area contributed by atoms with Crippen LogP contribution in [0.5, 0.6) is 0 Å². The van der Waals surface area contributed by atoms with Crippen LogP contribution in [-0.4, -0.2) is 8.42 Å². The van der Waals surface area contributed by atoms with E-state index in [4.69, 9.17) is 0 Å². The van der Waals surface area contributed by atoms with Gasteiger partial charge >= 0.3 is 0 Å². The van der Waals surface area contributed by atoms with Crippen LogP contribution in [0.3, 0.4) is 0 Å². The van der Waals surface area contributed by atoms with Gasteiger partial charge in [0.1, 0.15) is 0 Å². The summed E-state index contributed by atoms with van der Waals surface area (Å²) in [5.74, 6) is 0. The molecule has 0 radical (unpaired) electrons. The topological polar surface area (TPSA) is 34.1 Å². The van der Waals surface area contributed by atoms with E-state index in [-0.39, 0.29) is 0 Å². The summed E-state index contributed by atoms with van der Waals surface area (Å²) in [4.78, 5) is 1.05. The summed E-state index contributed by atoms with van der Waals surface area (Å²) < 4.78 is 24.5. The number of hydrogen-bond acceptors (Lipinski definition) is 2. The molecule has 2 aliphatic rings. The van der Waals surface area contributed by atoms with Crippen molar-refractivity contribution < 1.29 is 8.42 Å². The molecule has 0 bridgehead atoms. The van der Waals surface area contributed by atoms with Crippen molar-refractivity contribution in [2.75, 3.05) is 0 Å². The highest BCUT2D eigenvalue weighted by Crippen LogP contribution is 2.27. The molecule has 0 aromatic heterocycles. The van der Waals surface area contributed by atoms with Gasteiger partial charge in [0.15, 0.2) is 9.84 Å². The molecule has 0 fully saturated rings. The van der Waals surface area contributed by atoms with Gasteiger partial charge in [-0.05, 0) is 50.0 Å². The zero-order valence-electron chi connectivity index (χ0n) is 9.02.